The number of rotatable bonds is 7. The molecule has 1 aromatic heterocycles. The highest BCUT2D eigenvalue weighted by Gasteiger charge is 2.53. The molecule has 9 aromatic carbocycles. The fourth-order valence-electron chi connectivity index (χ4n) is 12.7. The Morgan fingerprint density at radius 3 is 1.70 bits per heavy atom. The summed E-state index contributed by atoms with van der Waals surface area (Å²) in [6.45, 7) is 0. The van der Waals surface area contributed by atoms with Gasteiger partial charge in [0.05, 0.1) is 16.8 Å². The average Bonchev–Trinajstić information content (AvgIpc) is 4.25. The van der Waals surface area contributed by atoms with Crippen LogP contribution in [-0.2, 0) is 5.41 Å². The lowest BCUT2D eigenvalue weighted by Crippen LogP contribution is -2.26. The molecule has 0 bridgehead atoms. The van der Waals surface area contributed by atoms with Crippen LogP contribution in [0.4, 0.5) is 17.1 Å². The Morgan fingerprint density at radius 2 is 0.970 bits per heavy atom. The van der Waals surface area contributed by atoms with Gasteiger partial charge in [-0.3, -0.25) is 0 Å². The summed E-state index contributed by atoms with van der Waals surface area (Å²) in [6, 6.07) is 73.5. The lowest BCUT2D eigenvalue weighted by molar-refractivity contribution is 0.670. The normalized spacial score (nSPS) is 17.3. The van der Waals surface area contributed by atoms with Crippen molar-refractivity contribution in [3.63, 3.8) is 0 Å². The van der Waals surface area contributed by atoms with E-state index >= 15 is 0 Å². The van der Waals surface area contributed by atoms with Crippen LogP contribution in [0.3, 0.4) is 0 Å². The van der Waals surface area contributed by atoms with Crippen LogP contribution < -0.4 is 4.90 Å². The van der Waals surface area contributed by atoms with E-state index < -0.39 is 17.2 Å². The molecule has 1 heterocycles. The number of hydrogen-bond donors (Lipinski definition) is 0. The van der Waals surface area contributed by atoms with E-state index in [2.05, 4.69) is 199 Å². The number of para-hydroxylation sites is 3. The van der Waals surface area contributed by atoms with Crippen molar-refractivity contribution in [2.75, 3.05) is 4.90 Å². The fourth-order valence-corrected chi connectivity index (χ4v) is 12.7. The monoisotopic (exact) mass is 863 g/mol. The molecule has 4 aliphatic carbocycles. The van der Waals surface area contributed by atoms with Gasteiger partial charge >= 0.3 is 0 Å². The largest absolute Gasteiger partial charge is 0.455 e. The molecular formula is C65H51NO. The second-order valence-electron chi connectivity index (χ2n) is 19.2. The Hall–Kier alpha value is -7.42. The van der Waals surface area contributed by atoms with E-state index in [0.717, 1.165) is 124 Å². The van der Waals surface area contributed by atoms with Gasteiger partial charge in [0.2, 0.25) is 0 Å². The van der Waals surface area contributed by atoms with Gasteiger partial charge < -0.3 is 9.32 Å². The minimum Gasteiger partial charge on any atom is -0.455 e. The highest BCUT2D eigenvalue weighted by atomic mass is 16.3. The van der Waals surface area contributed by atoms with Crippen molar-refractivity contribution in [2.24, 2.45) is 0 Å². The molecule has 2 nitrogen and oxygen atoms in total. The van der Waals surface area contributed by atoms with Crippen molar-refractivity contribution in [1.82, 2.24) is 0 Å². The molecular weight excluding hydrogens is 811 g/mol. The minimum atomic E-state index is -0.651. The molecule has 0 atom stereocenters. The molecule has 0 amide bonds. The van der Waals surface area contributed by atoms with Crippen molar-refractivity contribution in [1.29, 1.82) is 0 Å². The third-order valence-corrected chi connectivity index (χ3v) is 15.7. The first kappa shape index (κ1) is 36.8. The van der Waals surface area contributed by atoms with Crippen molar-refractivity contribution < 1.29 is 7.16 Å². The average molecular weight is 864 g/mol. The van der Waals surface area contributed by atoms with Crippen LogP contribution in [-0.4, -0.2) is 0 Å². The number of fused-ring (bicyclic) bond motifs is 13. The summed E-state index contributed by atoms with van der Waals surface area (Å²) in [5.41, 5.74) is 21.1. The maximum Gasteiger partial charge on any atom is 0.143 e. The van der Waals surface area contributed by atoms with Crippen LogP contribution in [0.1, 0.15) is 99.3 Å². The summed E-state index contributed by atoms with van der Waals surface area (Å²) in [4.78, 5) is 2.49. The molecule has 0 aliphatic heterocycles. The topological polar surface area (TPSA) is 16.4 Å². The van der Waals surface area contributed by atoms with E-state index in [-0.39, 0.29) is 0 Å². The summed E-state index contributed by atoms with van der Waals surface area (Å²) in [5, 5.41) is 2.25. The van der Waals surface area contributed by atoms with Gasteiger partial charge in [0.15, 0.2) is 0 Å². The Bertz CT molecular complexity index is 3600. The minimum absolute atomic E-state index is 0.603. The molecule has 0 saturated heterocycles. The third-order valence-electron chi connectivity index (χ3n) is 15.7. The first-order chi connectivity index (χ1) is 33.9. The number of anilines is 3. The fraction of sp³-hybridized carbons (Fsp3) is 0.169. The van der Waals surface area contributed by atoms with Gasteiger partial charge in [-0.25, -0.2) is 0 Å². The van der Waals surface area contributed by atoms with E-state index in [9.17, 15) is 2.74 Å². The zero-order chi connectivity index (χ0) is 45.9. The number of furan rings is 1. The maximum absolute atomic E-state index is 9.84. The summed E-state index contributed by atoms with van der Waals surface area (Å²) in [6.07, 6.45) is 7.90. The predicted octanol–water partition coefficient (Wildman–Crippen LogP) is 18.0. The number of nitrogens with zero attached hydrogens (tertiary/aromatic N) is 1. The van der Waals surface area contributed by atoms with Crippen LogP contribution in [0.2, 0.25) is 0 Å². The first-order valence-corrected chi connectivity index (χ1v) is 24.4. The van der Waals surface area contributed by atoms with Gasteiger partial charge in [0.1, 0.15) is 11.2 Å². The third kappa shape index (κ3) is 5.82. The Labute approximate surface area is 396 Å². The second-order valence-corrected chi connectivity index (χ2v) is 19.2. The van der Waals surface area contributed by atoms with Crippen molar-refractivity contribution in [2.45, 2.75) is 68.6 Å². The van der Waals surface area contributed by atoms with Gasteiger partial charge in [-0.1, -0.05) is 196 Å². The molecule has 4 aliphatic rings. The summed E-state index contributed by atoms with van der Waals surface area (Å²) < 4.78 is 26.2. The van der Waals surface area contributed by atoms with E-state index in [0.29, 0.717) is 0 Å². The van der Waals surface area contributed by atoms with Crippen molar-refractivity contribution >= 4 is 39.0 Å². The highest BCUT2D eigenvalue weighted by Crippen LogP contribution is 2.65. The molecule has 2 fully saturated rings. The SMILES string of the molecule is [2H]C1(c2ccc3c(c2)C2(c4cc(C5([2H])CCCC5)ccc4-3)c3ccccc3-c3c(N(c4ccc(-c5cccc6c5oc5ccccc56)cc4)c4ccccc4-c4ccccc4)cccc32)CCCC1. The Kier molecular flexibility index (Phi) is 8.41. The Morgan fingerprint density at radius 1 is 0.418 bits per heavy atom. The molecule has 0 radical (unpaired) electrons. The molecule has 2 saturated carbocycles. The number of hydrogen-bond acceptors (Lipinski definition) is 2. The lowest BCUT2D eigenvalue weighted by atomic mass is 9.69. The molecule has 322 valence electrons. The molecule has 0 unspecified atom stereocenters. The van der Waals surface area contributed by atoms with Crippen LogP contribution in [0.5, 0.6) is 0 Å². The quantitative estimate of drug-likeness (QED) is 0.159. The molecule has 1 spiro atoms. The summed E-state index contributed by atoms with van der Waals surface area (Å²) >= 11 is 0. The predicted molar refractivity (Wildman–Crippen MR) is 278 cm³/mol. The summed E-state index contributed by atoms with van der Waals surface area (Å²) in [5.74, 6) is -1.21. The molecule has 2 heteroatoms. The molecule has 14 rings (SSSR count). The van der Waals surface area contributed by atoms with Crippen LogP contribution in [0, 0.1) is 0 Å². The van der Waals surface area contributed by atoms with Crippen molar-refractivity contribution in [3.05, 3.63) is 234 Å². The zero-order valence-corrected chi connectivity index (χ0v) is 37.6. The lowest BCUT2D eigenvalue weighted by Gasteiger charge is -2.33. The molecule has 0 N–H and O–H groups in total. The number of benzene rings is 9. The van der Waals surface area contributed by atoms with Gasteiger partial charge in [-0.15, -0.1) is 0 Å². The first-order valence-electron chi connectivity index (χ1n) is 25.4. The standard InChI is InChI=1S/C65H51NO/c1-2-20-44(21-3-1)49-22-9-12-29-60(49)66(48-36-32-45(33-37-48)50-25-14-26-54-53-23-10-13-31-62(53)67-64(50)54)61-30-15-28-57-63(61)55-24-8-11-27-56(55)65(57)58-40-46(42-16-4-5-17-42)34-38-51(58)52-39-35-47(41-59(52)65)43-18-6-7-19-43/h1-3,8-15,20-43H,4-7,16-19H2/i42D,43D. The molecule has 67 heavy (non-hydrogen) atoms. The van der Waals surface area contributed by atoms with Gasteiger partial charge in [-0.2, -0.15) is 0 Å². The van der Waals surface area contributed by atoms with Crippen LogP contribution in [0.25, 0.3) is 66.4 Å². The summed E-state index contributed by atoms with van der Waals surface area (Å²) in [7, 11) is 0. The van der Waals surface area contributed by atoms with E-state index in [1.807, 2.05) is 6.07 Å². The highest BCUT2D eigenvalue weighted by molar-refractivity contribution is 6.10. The van der Waals surface area contributed by atoms with Crippen molar-refractivity contribution in [3.8, 4) is 44.5 Å². The molecule has 10 aromatic rings. The van der Waals surface area contributed by atoms with E-state index in [4.69, 9.17) is 4.42 Å². The van der Waals surface area contributed by atoms with E-state index in [1.54, 1.807) is 0 Å². The van der Waals surface area contributed by atoms with Gasteiger partial charge in [0.25, 0.3) is 0 Å². The van der Waals surface area contributed by atoms with Gasteiger partial charge in [0, 0.05) is 35.9 Å². The van der Waals surface area contributed by atoms with Crippen LogP contribution >= 0.6 is 0 Å². The van der Waals surface area contributed by atoms with Gasteiger partial charge in [-0.05, 0) is 129 Å². The zero-order valence-electron chi connectivity index (χ0n) is 39.6. The van der Waals surface area contributed by atoms with Crippen LogP contribution in [0.15, 0.2) is 205 Å². The Balaban J connectivity index is 1.02. The van der Waals surface area contributed by atoms with E-state index in [1.165, 1.54) is 44.5 Å². The maximum atomic E-state index is 9.84. The second kappa shape index (κ2) is 15.3. The smallest absolute Gasteiger partial charge is 0.143 e.